The second-order valence-electron chi connectivity index (χ2n) is 7.19. The predicted octanol–water partition coefficient (Wildman–Crippen LogP) is 3.43. The first kappa shape index (κ1) is 21.7. The Morgan fingerprint density at radius 3 is 2.43 bits per heavy atom. The number of nitrogens with zero attached hydrogens (tertiary/aromatic N) is 2. The molecule has 2 aromatic carbocycles. The van der Waals surface area contributed by atoms with Crippen molar-refractivity contribution >= 4 is 21.8 Å². The van der Waals surface area contributed by atoms with Crippen molar-refractivity contribution in [3.8, 4) is 11.3 Å². The average molecular weight is 426 g/mol. The van der Waals surface area contributed by atoms with Crippen LogP contribution in [0.2, 0.25) is 0 Å². The van der Waals surface area contributed by atoms with Gasteiger partial charge >= 0.3 is 0 Å². The Hall–Kier alpha value is -2.97. The Balaban J connectivity index is 1.60. The molecule has 0 aliphatic carbocycles. The van der Waals surface area contributed by atoms with Crippen LogP contribution in [0.1, 0.15) is 23.1 Å². The number of nitrogens with one attached hydrogen (secondary N) is 2. The summed E-state index contributed by atoms with van der Waals surface area (Å²) in [7, 11) is -3.52. The zero-order valence-corrected chi connectivity index (χ0v) is 18.3. The first-order valence-electron chi connectivity index (χ1n) is 9.78. The fourth-order valence-electron chi connectivity index (χ4n) is 3.17. The summed E-state index contributed by atoms with van der Waals surface area (Å²) in [5, 5.41) is 3.20. The number of rotatable bonds is 8. The van der Waals surface area contributed by atoms with E-state index in [1.54, 1.807) is 25.1 Å². The first-order valence-corrected chi connectivity index (χ1v) is 11.3. The minimum absolute atomic E-state index is 0.191. The van der Waals surface area contributed by atoms with Crippen LogP contribution >= 0.6 is 0 Å². The molecule has 0 amide bonds. The van der Waals surface area contributed by atoms with Crippen molar-refractivity contribution < 1.29 is 8.42 Å². The number of nitrogens with two attached hydrogens (primary N) is 1. The second-order valence-corrected chi connectivity index (χ2v) is 8.92. The maximum absolute atomic E-state index is 12.4. The van der Waals surface area contributed by atoms with E-state index in [0.29, 0.717) is 30.2 Å². The normalized spacial score (nSPS) is 11.4. The maximum Gasteiger partial charge on any atom is 0.240 e. The van der Waals surface area contributed by atoms with Crippen LogP contribution in [0.4, 0.5) is 11.8 Å². The van der Waals surface area contributed by atoms with Gasteiger partial charge in [0, 0.05) is 24.7 Å². The minimum Gasteiger partial charge on any atom is -0.370 e. The molecule has 0 spiro atoms. The molecule has 3 rings (SSSR count). The van der Waals surface area contributed by atoms with E-state index < -0.39 is 10.0 Å². The molecule has 3 aromatic rings. The summed E-state index contributed by atoms with van der Waals surface area (Å²) in [6.45, 7) is 6.74. The van der Waals surface area contributed by atoms with Crippen LogP contribution < -0.4 is 15.8 Å². The molecule has 0 fully saturated rings. The summed E-state index contributed by atoms with van der Waals surface area (Å²) in [6, 6.07) is 14.8. The third-order valence-corrected chi connectivity index (χ3v) is 6.58. The summed E-state index contributed by atoms with van der Waals surface area (Å²) >= 11 is 0. The fraction of sp³-hybridized carbons (Fsp3) is 0.273. The summed E-state index contributed by atoms with van der Waals surface area (Å²) in [6.07, 6.45) is 0.591. The quantitative estimate of drug-likeness (QED) is 0.477. The van der Waals surface area contributed by atoms with Gasteiger partial charge in [0.05, 0.1) is 10.6 Å². The Morgan fingerprint density at radius 1 is 0.933 bits per heavy atom. The van der Waals surface area contributed by atoms with E-state index in [2.05, 4.69) is 39.9 Å². The maximum atomic E-state index is 12.4. The van der Waals surface area contributed by atoms with Gasteiger partial charge in [0.25, 0.3) is 0 Å². The van der Waals surface area contributed by atoms with Crippen molar-refractivity contribution in [2.45, 2.75) is 32.1 Å². The highest BCUT2D eigenvalue weighted by atomic mass is 32.2. The van der Waals surface area contributed by atoms with Gasteiger partial charge in [-0.1, -0.05) is 36.4 Å². The van der Waals surface area contributed by atoms with Crippen LogP contribution in [-0.2, 0) is 10.0 Å². The van der Waals surface area contributed by atoms with E-state index >= 15 is 0 Å². The molecule has 30 heavy (non-hydrogen) atoms. The summed E-state index contributed by atoms with van der Waals surface area (Å²) in [5.74, 6) is 0.802. The summed E-state index contributed by atoms with van der Waals surface area (Å²) < 4.78 is 27.5. The lowest BCUT2D eigenvalue weighted by Crippen LogP contribution is -2.26. The standard InChI is InChI=1S/C22H27N5O2S/c1-15-9-6-10-18(17(15)3)19-14-21(27-22(23)26-19)24-12-7-13-25-30(28,29)20-11-5-4-8-16(20)2/h4-6,8-11,14,25H,7,12-13H2,1-3H3,(H3,23,24,26,27). The molecule has 4 N–H and O–H groups in total. The Kier molecular flexibility index (Phi) is 6.69. The van der Waals surface area contributed by atoms with E-state index in [4.69, 9.17) is 5.73 Å². The highest BCUT2D eigenvalue weighted by molar-refractivity contribution is 7.89. The molecule has 0 radical (unpaired) electrons. The topological polar surface area (TPSA) is 110 Å². The molecule has 1 heterocycles. The van der Waals surface area contributed by atoms with Gasteiger partial charge in [-0.2, -0.15) is 4.98 Å². The second kappa shape index (κ2) is 9.23. The molecule has 1 aromatic heterocycles. The van der Waals surface area contributed by atoms with Gasteiger partial charge in [0.2, 0.25) is 16.0 Å². The zero-order chi connectivity index (χ0) is 21.7. The first-order chi connectivity index (χ1) is 14.3. The number of nitrogen functional groups attached to an aromatic ring is 1. The van der Waals surface area contributed by atoms with Crippen LogP contribution in [0.5, 0.6) is 0 Å². The number of aromatic nitrogens is 2. The molecule has 0 aliphatic rings. The van der Waals surface area contributed by atoms with Crippen LogP contribution in [0.15, 0.2) is 53.4 Å². The van der Waals surface area contributed by atoms with Crippen molar-refractivity contribution in [2.75, 3.05) is 24.1 Å². The molecule has 0 saturated heterocycles. The van der Waals surface area contributed by atoms with Crippen molar-refractivity contribution in [1.82, 2.24) is 14.7 Å². The SMILES string of the molecule is Cc1ccccc1S(=O)(=O)NCCCNc1cc(-c2cccc(C)c2C)nc(N)n1. The lowest BCUT2D eigenvalue weighted by atomic mass is 10.0. The lowest BCUT2D eigenvalue weighted by Gasteiger charge is -2.12. The number of hydrogen-bond donors (Lipinski definition) is 3. The van der Waals surface area contributed by atoms with Crippen molar-refractivity contribution in [1.29, 1.82) is 0 Å². The molecule has 158 valence electrons. The minimum atomic E-state index is -3.52. The molecule has 0 aliphatic heterocycles. The smallest absolute Gasteiger partial charge is 0.240 e. The number of sulfonamides is 1. The number of anilines is 2. The molecule has 8 heteroatoms. The van der Waals surface area contributed by atoms with Crippen LogP contribution in [0.3, 0.4) is 0 Å². The highest BCUT2D eigenvalue weighted by Crippen LogP contribution is 2.26. The van der Waals surface area contributed by atoms with Crippen LogP contribution in [-0.4, -0.2) is 31.5 Å². The van der Waals surface area contributed by atoms with Gasteiger partial charge < -0.3 is 11.1 Å². The Labute approximate surface area is 177 Å². The van der Waals surface area contributed by atoms with Crippen molar-refractivity contribution in [3.05, 3.63) is 65.2 Å². The van der Waals surface area contributed by atoms with Crippen LogP contribution in [0.25, 0.3) is 11.3 Å². The van der Waals surface area contributed by atoms with Crippen LogP contribution in [0, 0.1) is 20.8 Å². The number of aryl methyl sites for hydroxylation is 2. The summed E-state index contributed by atoms with van der Waals surface area (Å²) in [4.78, 5) is 8.90. The summed E-state index contributed by atoms with van der Waals surface area (Å²) in [5.41, 5.74) is 10.7. The molecule has 0 saturated carbocycles. The number of hydrogen-bond acceptors (Lipinski definition) is 6. The number of benzene rings is 2. The fourth-order valence-corrected chi connectivity index (χ4v) is 4.49. The molecule has 0 unspecified atom stereocenters. The average Bonchev–Trinajstić information content (AvgIpc) is 2.69. The van der Waals surface area contributed by atoms with Crippen molar-refractivity contribution in [3.63, 3.8) is 0 Å². The molecule has 0 bridgehead atoms. The monoisotopic (exact) mass is 425 g/mol. The van der Waals surface area contributed by atoms with E-state index in [-0.39, 0.29) is 5.95 Å². The highest BCUT2D eigenvalue weighted by Gasteiger charge is 2.15. The van der Waals surface area contributed by atoms with Gasteiger partial charge in [-0.05, 0) is 49.9 Å². The van der Waals surface area contributed by atoms with E-state index in [0.717, 1.165) is 22.4 Å². The largest absolute Gasteiger partial charge is 0.370 e. The third kappa shape index (κ3) is 5.14. The Bertz CT molecular complexity index is 1150. The Morgan fingerprint density at radius 2 is 1.67 bits per heavy atom. The van der Waals surface area contributed by atoms with Gasteiger partial charge in [-0.25, -0.2) is 18.1 Å². The predicted molar refractivity (Wildman–Crippen MR) is 121 cm³/mol. The molecular formula is C22H27N5O2S. The van der Waals surface area contributed by atoms with E-state index in [9.17, 15) is 8.42 Å². The van der Waals surface area contributed by atoms with Gasteiger partial charge in [0.15, 0.2) is 0 Å². The molecular weight excluding hydrogens is 398 g/mol. The van der Waals surface area contributed by atoms with Gasteiger partial charge in [-0.15, -0.1) is 0 Å². The van der Waals surface area contributed by atoms with Gasteiger partial charge in [0.1, 0.15) is 5.82 Å². The van der Waals surface area contributed by atoms with Gasteiger partial charge in [-0.3, -0.25) is 0 Å². The van der Waals surface area contributed by atoms with E-state index in [1.807, 2.05) is 24.3 Å². The molecule has 0 atom stereocenters. The van der Waals surface area contributed by atoms with Crippen molar-refractivity contribution in [2.24, 2.45) is 0 Å². The molecule has 7 nitrogen and oxygen atoms in total. The lowest BCUT2D eigenvalue weighted by molar-refractivity contribution is 0.579. The third-order valence-electron chi connectivity index (χ3n) is 4.96. The van der Waals surface area contributed by atoms with E-state index in [1.165, 1.54) is 5.56 Å². The zero-order valence-electron chi connectivity index (χ0n) is 17.4.